The number of carboxylic acids is 1. The third-order valence-corrected chi connectivity index (χ3v) is 5.18. The van der Waals surface area contributed by atoms with Gasteiger partial charge in [-0.3, -0.25) is 4.79 Å². The van der Waals surface area contributed by atoms with Crippen LogP contribution in [0.3, 0.4) is 0 Å². The highest BCUT2D eigenvalue weighted by molar-refractivity contribution is 5.85. The molecule has 158 valence electrons. The Balaban J connectivity index is 1.64. The Morgan fingerprint density at radius 3 is 2.38 bits per heavy atom. The lowest BCUT2D eigenvalue weighted by Gasteiger charge is -2.27. The van der Waals surface area contributed by atoms with Gasteiger partial charge in [-0.15, -0.1) is 6.58 Å². The maximum atomic E-state index is 12.4. The van der Waals surface area contributed by atoms with E-state index in [4.69, 9.17) is 14.6 Å². The highest BCUT2D eigenvalue weighted by Gasteiger charge is 2.28. The molecule has 1 aliphatic rings. The molecular weight excluding hydrogens is 368 g/mol. The highest BCUT2D eigenvalue weighted by Crippen LogP contribution is 2.28. The number of hydrogen-bond donors (Lipinski definition) is 1. The van der Waals surface area contributed by atoms with Crippen molar-refractivity contribution >= 4 is 18.0 Å². The summed E-state index contributed by atoms with van der Waals surface area (Å²) in [6, 6.07) is 6.82. The van der Waals surface area contributed by atoms with Gasteiger partial charge < -0.3 is 14.6 Å². The van der Waals surface area contributed by atoms with Crippen LogP contribution < -0.4 is 4.74 Å². The molecular formula is C24H32O5. The Morgan fingerprint density at radius 1 is 1.03 bits per heavy atom. The predicted molar refractivity (Wildman–Crippen MR) is 114 cm³/mol. The average Bonchev–Trinajstić information content (AvgIpc) is 2.73. The molecule has 1 aliphatic carbocycles. The molecule has 1 fully saturated rings. The lowest BCUT2D eigenvalue weighted by Crippen LogP contribution is -2.29. The Morgan fingerprint density at radius 2 is 1.72 bits per heavy atom. The summed E-state index contributed by atoms with van der Waals surface area (Å²) >= 11 is 0. The Labute approximate surface area is 173 Å². The van der Waals surface area contributed by atoms with Crippen LogP contribution in [0.1, 0.15) is 63.4 Å². The van der Waals surface area contributed by atoms with Crippen molar-refractivity contribution in [2.75, 3.05) is 6.61 Å². The van der Waals surface area contributed by atoms with Gasteiger partial charge in [0.15, 0.2) is 0 Å². The second-order valence-electron chi connectivity index (χ2n) is 7.50. The van der Waals surface area contributed by atoms with Gasteiger partial charge >= 0.3 is 11.9 Å². The molecule has 0 radical (unpaired) electrons. The molecule has 0 spiro atoms. The molecule has 0 bridgehead atoms. The molecule has 1 aromatic carbocycles. The molecule has 0 heterocycles. The molecule has 5 heteroatoms. The molecule has 0 amide bonds. The summed E-state index contributed by atoms with van der Waals surface area (Å²) in [4.78, 5) is 22.9. The molecule has 29 heavy (non-hydrogen) atoms. The fourth-order valence-corrected chi connectivity index (χ4v) is 3.47. The minimum absolute atomic E-state index is 0.0830. The number of unbranched alkanes of at least 4 members (excludes halogenated alkanes) is 4. The molecule has 1 N–H and O–H groups in total. The molecule has 0 aromatic heterocycles. The van der Waals surface area contributed by atoms with Gasteiger partial charge in [-0.05, 0) is 68.7 Å². The topological polar surface area (TPSA) is 72.8 Å². The predicted octanol–water partition coefficient (Wildman–Crippen LogP) is 5.40. The lowest BCUT2D eigenvalue weighted by atomic mass is 9.87. The Hall–Kier alpha value is -2.40. The van der Waals surface area contributed by atoms with E-state index in [1.54, 1.807) is 24.3 Å². The fraction of sp³-hybridized carbons (Fsp3) is 0.500. The zero-order chi connectivity index (χ0) is 20.9. The van der Waals surface area contributed by atoms with Crippen molar-refractivity contribution in [1.82, 2.24) is 0 Å². The summed E-state index contributed by atoms with van der Waals surface area (Å²) < 4.78 is 11.5. The van der Waals surface area contributed by atoms with Crippen LogP contribution in [-0.4, -0.2) is 29.8 Å². The summed E-state index contributed by atoms with van der Waals surface area (Å²) in [5, 5.41) is 8.64. The molecule has 0 saturated heterocycles. The Kier molecular flexibility index (Phi) is 10.2. The number of benzene rings is 1. The number of carboxylic acid groups (broad SMARTS) is 1. The molecule has 0 aliphatic heterocycles. The van der Waals surface area contributed by atoms with Crippen LogP contribution in [0.25, 0.3) is 6.08 Å². The number of carbonyl (C=O) groups is 2. The minimum atomic E-state index is -0.997. The van der Waals surface area contributed by atoms with Crippen LogP contribution in [-0.2, 0) is 14.3 Å². The smallest absolute Gasteiger partial charge is 0.328 e. The van der Waals surface area contributed by atoms with E-state index in [1.807, 2.05) is 6.08 Å². The summed E-state index contributed by atoms with van der Waals surface area (Å²) in [6.45, 7) is 4.54. The van der Waals surface area contributed by atoms with Crippen LogP contribution in [0.15, 0.2) is 43.0 Å². The van der Waals surface area contributed by atoms with Crippen molar-refractivity contribution in [2.45, 2.75) is 63.9 Å². The van der Waals surface area contributed by atoms with E-state index >= 15 is 0 Å². The second kappa shape index (κ2) is 12.9. The first kappa shape index (κ1) is 22.9. The van der Waals surface area contributed by atoms with Crippen molar-refractivity contribution in [1.29, 1.82) is 0 Å². The molecule has 1 saturated carbocycles. The highest BCUT2D eigenvalue weighted by atomic mass is 16.5. The van der Waals surface area contributed by atoms with E-state index in [9.17, 15) is 9.59 Å². The van der Waals surface area contributed by atoms with Crippen molar-refractivity contribution in [2.24, 2.45) is 5.92 Å². The van der Waals surface area contributed by atoms with Gasteiger partial charge in [0, 0.05) is 12.7 Å². The van der Waals surface area contributed by atoms with Crippen molar-refractivity contribution < 1.29 is 24.2 Å². The van der Waals surface area contributed by atoms with E-state index in [-0.39, 0.29) is 18.0 Å². The first-order valence-electron chi connectivity index (χ1n) is 10.5. The van der Waals surface area contributed by atoms with Gasteiger partial charge in [-0.2, -0.15) is 0 Å². The summed E-state index contributed by atoms with van der Waals surface area (Å²) in [7, 11) is 0. The Bertz CT molecular complexity index is 669. The van der Waals surface area contributed by atoms with E-state index in [1.165, 1.54) is 25.3 Å². The first-order valence-corrected chi connectivity index (χ1v) is 10.5. The minimum Gasteiger partial charge on any atom is -0.478 e. The maximum absolute atomic E-state index is 12.4. The number of esters is 1. The van der Waals surface area contributed by atoms with E-state index in [0.29, 0.717) is 5.75 Å². The van der Waals surface area contributed by atoms with Crippen LogP contribution in [0.4, 0.5) is 0 Å². The summed E-state index contributed by atoms with van der Waals surface area (Å²) in [6.07, 6.45) is 14.0. The number of allylic oxidation sites excluding steroid dienone is 1. The quantitative estimate of drug-likeness (QED) is 0.167. The average molecular weight is 401 g/mol. The number of aliphatic carboxylic acids is 1. The van der Waals surface area contributed by atoms with E-state index in [2.05, 4.69) is 6.58 Å². The zero-order valence-electron chi connectivity index (χ0n) is 17.1. The molecule has 1 aromatic rings. The number of rotatable bonds is 12. The monoisotopic (exact) mass is 400 g/mol. The third-order valence-electron chi connectivity index (χ3n) is 5.18. The van der Waals surface area contributed by atoms with Gasteiger partial charge in [-0.1, -0.05) is 31.1 Å². The third kappa shape index (κ3) is 9.09. The first-order chi connectivity index (χ1) is 14.1. The fourth-order valence-electron chi connectivity index (χ4n) is 3.47. The van der Waals surface area contributed by atoms with Gasteiger partial charge in [0.25, 0.3) is 0 Å². The van der Waals surface area contributed by atoms with Crippen LogP contribution in [0, 0.1) is 5.92 Å². The summed E-state index contributed by atoms with van der Waals surface area (Å²) in [5.41, 5.74) is 0.741. The number of carbonyl (C=O) groups excluding carboxylic acids is 1. The van der Waals surface area contributed by atoms with E-state index in [0.717, 1.165) is 56.8 Å². The van der Waals surface area contributed by atoms with Crippen molar-refractivity contribution in [3.8, 4) is 5.75 Å². The molecule has 5 nitrogen and oxygen atoms in total. The van der Waals surface area contributed by atoms with Gasteiger partial charge in [0.05, 0.1) is 12.0 Å². The van der Waals surface area contributed by atoms with Gasteiger partial charge in [0.1, 0.15) is 5.75 Å². The number of ether oxygens (including phenoxy) is 2. The van der Waals surface area contributed by atoms with Crippen molar-refractivity contribution in [3.63, 3.8) is 0 Å². The van der Waals surface area contributed by atoms with Gasteiger partial charge in [0.2, 0.25) is 0 Å². The largest absolute Gasteiger partial charge is 0.478 e. The van der Waals surface area contributed by atoms with Crippen LogP contribution in [0.2, 0.25) is 0 Å². The normalized spacial score (nSPS) is 19.2. The van der Waals surface area contributed by atoms with Crippen molar-refractivity contribution in [3.05, 3.63) is 48.6 Å². The molecule has 0 atom stereocenters. The lowest BCUT2D eigenvalue weighted by molar-refractivity contribution is -0.141. The maximum Gasteiger partial charge on any atom is 0.328 e. The standard InChI is InChI=1S/C24H32O5/c1-2-3-4-5-6-7-18-28-21-15-11-20(12-16-21)24(27)29-22-13-8-19(9-14-22)10-17-23(25)26/h2,8-10,13-14,17,20-21H,1,3-7,11-12,15-16,18H2,(H,25,26)/b17-10+. The number of hydrogen-bond acceptors (Lipinski definition) is 4. The summed E-state index contributed by atoms with van der Waals surface area (Å²) in [5.74, 6) is -0.791. The SMILES string of the molecule is C=CCCCCCCOC1CCC(C(=O)Oc2ccc(/C=C/C(=O)O)cc2)CC1. The van der Waals surface area contributed by atoms with Gasteiger partial charge in [-0.25, -0.2) is 4.79 Å². The van der Waals surface area contributed by atoms with Crippen LogP contribution in [0.5, 0.6) is 5.75 Å². The molecule has 0 unspecified atom stereocenters. The van der Waals surface area contributed by atoms with Crippen LogP contribution >= 0.6 is 0 Å². The molecule has 2 rings (SSSR count). The second-order valence-corrected chi connectivity index (χ2v) is 7.50. The zero-order valence-corrected chi connectivity index (χ0v) is 17.1. The van der Waals surface area contributed by atoms with E-state index < -0.39 is 5.97 Å².